The maximum Gasteiger partial charge on any atom is 0.164 e. The maximum atomic E-state index is 5.16. The molecule has 0 unspecified atom stereocenters. The van der Waals surface area contributed by atoms with E-state index in [2.05, 4.69) is 351 Å². The third-order valence-electron chi connectivity index (χ3n) is 28.9. The minimum atomic E-state index is -0.105. The quantitative estimate of drug-likeness (QED) is 0.0989. The van der Waals surface area contributed by atoms with Crippen LogP contribution in [0.3, 0.4) is 0 Å². The monoisotopic (exact) mass is 1820 g/mol. The number of hydrogen-bond donors (Lipinski definition) is 0. The Morgan fingerprint density at radius 1 is 0.127 bits per heavy atom. The van der Waals surface area contributed by atoms with Crippen molar-refractivity contribution in [3.8, 4) is 214 Å². The van der Waals surface area contributed by atoms with Gasteiger partial charge in [-0.15, -0.1) is 0 Å². The van der Waals surface area contributed by atoms with Gasteiger partial charge in [-0.25, -0.2) is 44.9 Å². The van der Waals surface area contributed by atoms with Gasteiger partial charge in [0.15, 0.2) is 52.4 Å². The number of benzene rings is 19. The van der Waals surface area contributed by atoms with E-state index in [-0.39, 0.29) is 16.2 Å². The molecule has 4 aliphatic carbocycles. The normalized spacial score (nSPS) is 13.0. The Balaban J connectivity index is 0.000000117. The fraction of sp³-hybridized carbons (Fsp3) is 0.0752. The first-order valence-corrected chi connectivity index (χ1v) is 48.7. The summed E-state index contributed by atoms with van der Waals surface area (Å²) in [5.74, 6) is 5.96. The standard InChI is InChI=1S/C51H39N3.C48H35N3.C34H23N3/c1-50(2)43-21-13-11-19-39(43)41-25-23-34(30-45(41)50)36-27-37(35-24-26-42-40-20-12-14-22-44(40)51(3,4)46(42)31-35)29-38(28-36)49-53-47(32-15-7-5-8-16-32)52-48(54-49)33-17-9-6-10-18-33;1-48(2)43-21-13-12-20-41(43)42-31-37(26-27-44(42)48)39-28-38(34-24-22-33(23-25-34)32-14-6-3-7-15-32)29-40(30-39)47-50-45(35-16-8-4-9-17-35)49-46(51-47)36-18-10-5-11-19-36;1-4-12-23(13-5-1)26-18-10-19-27-28-20-11-21-29(31(28)22-30(26)27)34-36-32(24-14-6-2-7-15-24)35-33(37-34)25-16-8-3-9-17-25/h5-31H,1-4H3;3-31H,1-2H3;1-21H,22H2. The number of fused-ring (bicyclic) bond motifs is 12. The molecule has 0 saturated carbocycles. The van der Waals surface area contributed by atoms with Crippen LogP contribution in [0.25, 0.3) is 214 Å². The summed E-state index contributed by atoms with van der Waals surface area (Å²) >= 11 is 0. The smallest absolute Gasteiger partial charge is 0.164 e. The molecule has 0 radical (unpaired) electrons. The molecular weight excluding hydrogens is 1720 g/mol. The van der Waals surface area contributed by atoms with Crippen LogP contribution in [0.15, 0.2) is 467 Å². The zero-order valence-corrected chi connectivity index (χ0v) is 79.7. The van der Waals surface area contributed by atoms with E-state index < -0.39 is 0 Å². The zero-order chi connectivity index (χ0) is 95.6. The first-order valence-electron chi connectivity index (χ1n) is 48.7. The molecular formula is C133H97N9. The lowest BCUT2D eigenvalue weighted by Gasteiger charge is -2.22. The van der Waals surface area contributed by atoms with Crippen LogP contribution in [-0.2, 0) is 22.7 Å². The van der Waals surface area contributed by atoms with E-state index in [1.165, 1.54) is 122 Å². The third kappa shape index (κ3) is 16.3. The molecule has 0 bridgehead atoms. The first-order chi connectivity index (χ1) is 69.6. The van der Waals surface area contributed by atoms with Crippen molar-refractivity contribution in [1.29, 1.82) is 0 Å². The molecule has 0 aliphatic heterocycles. The van der Waals surface area contributed by atoms with Gasteiger partial charge in [-0.3, -0.25) is 0 Å². The second kappa shape index (κ2) is 36.3. The van der Waals surface area contributed by atoms with Crippen LogP contribution >= 0.6 is 0 Å². The molecule has 0 atom stereocenters. The molecule has 4 aliphatic rings. The summed E-state index contributed by atoms with van der Waals surface area (Å²) in [7, 11) is 0. The largest absolute Gasteiger partial charge is 0.208 e. The van der Waals surface area contributed by atoms with Gasteiger partial charge < -0.3 is 0 Å². The van der Waals surface area contributed by atoms with E-state index in [4.69, 9.17) is 44.9 Å². The number of rotatable bonds is 15. The van der Waals surface area contributed by atoms with Crippen molar-refractivity contribution < 1.29 is 0 Å². The Labute approximate surface area is 828 Å². The highest BCUT2D eigenvalue weighted by molar-refractivity contribution is 5.93. The topological polar surface area (TPSA) is 116 Å². The summed E-state index contributed by atoms with van der Waals surface area (Å²) in [4.78, 5) is 45.3. The van der Waals surface area contributed by atoms with Crippen molar-refractivity contribution >= 4 is 0 Å². The highest BCUT2D eigenvalue weighted by Crippen LogP contribution is 2.55. The van der Waals surface area contributed by atoms with E-state index in [1.807, 2.05) is 158 Å². The molecule has 142 heavy (non-hydrogen) atoms. The summed E-state index contributed by atoms with van der Waals surface area (Å²) in [6.45, 7) is 14.0. The molecule has 26 rings (SSSR count). The predicted octanol–water partition coefficient (Wildman–Crippen LogP) is 33.1. The lowest BCUT2D eigenvalue weighted by molar-refractivity contribution is 0.660. The molecule has 0 N–H and O–H groups in total. The van der Waals surface area contributed by atoms with Crippen molar-refractivity contribution in [1.82, 2.24) is 44.9 Å². The maximum absolute atomic E-state index is 5.16. The van der Waals surface area contributed by atoms with Gasteiger partial charge in [0.05, 0.1) is 0 Å². The highest BCUT2D eigenvalue weighted by atomic mass is 15.1. The molecule has 674 valence electrons. The van der Waals surface area contributed by atoms with Crippen LogP contribution in [0.2, 0.25) is 0 Å². The van der Waals surface area contributed by atoms with Crippen molar-refractivity contribution in [3.05, 3.63) is 512 Å². The summed E-state index contributed by atoms with van der Waals surface area (Å²) in [5.41, 5.74) is 43.7. The average Bonchev–Trinajstić information content (AvgIpc) is 1.58. The van der Waals surface area contributed by atoms with Crippen molar-refractivity contribution in [2.24, 2.45) is 0 Å². The fourth-order valence-corrected chi connectivity index (χ4v) is 21.5. The molecule has 3 heterocycles. The van der Waals surface area contributed by atoms with Gasteiger partial charge in [0.2, 0.25) is 0 Å². The Bertz CT molecular complexity index is 8290. The molecule has 19 aromatic carbocycles. The second-order valence-electron chi connectivity index (χ2n) is 38.7. The second-order valence-corrected chi connectivity index (χ2v) is 38.7. The predicted molar refractivity (Wildman–Crippen MR) is 582 cm³/mol. The Morgan fingerprint density at radius 2 is 0.345 bits per heavy atom. The highest BCUT2D eigenvalue weighted by Gasteiger charge is 2.39. The minimum absolute atomic E-state index is 0.0511. The lowest BCUT2D eigenvalue weighted by Crippen LogP contribution is -2.15. The molecule has 0 amide bonds. The van der Waals surface area contributed by atoms with Crippen LogP contribution in [0, 0.1) is 0 Å². The fourth-order valence-electron chi connectivity index (χ4n) is 21.5. The van der Waals surface area contributed by atoms with Gasteiger partial charge in [0.25, 0.3) is 0 Å². The van der Waals surface area contributed by atoms with E-state index in [0.29, 0.717) is 52.4 Å². The number of aromatic nitrogens is 9. The van der Waals surface area contributed by atoms with Crippen molar-refractivity contribution in [2.75, 3.05) is 0 Å². The molecule has 22 aromatic rings. The Kier molecular flexibility index (Phi) is 22.2. The molecule has 0 spiro atoms. The number of hydrogen-bond acceptors (Lipinski definition) is 9. The summed E-state index contributed by atoms with van der Waals surface area (Å²) in [6.07, 6.45) is 0.846. The number of nitrogens with zero attached hydrogens (tertiary/aromatic N) is 9. The van der Waals surface area contributed by atoms with Crippen molar-refractivity contribution in [3.63, 3.8) is 0 Å². The summed E-state index contributed by atoms with van der Waals surface area (Å²) in [6, 6.07) is 165. The minimum Gasteiger partial charge on any atom is -0.208 e. The molecule has 3 aromatic heterocycles. The van der Waals surface area contributed by atoms with Crippen LogP contribution < -0.4 is 0 Å². The molecule has 0 fully saturated rings. The van der Waals surface area contributed by atoms with Gasteiger partial charge >= 0.3 is 0 Å². The summed E-state index contributed by atoms with van der Waals surface area (Å²) < 4.78 is 0. The SMILES string of the molecule is CC1(C)c2ccccc2-c2cc(-c3cc(-c4ccc(-c5ccccc5)cc4)cc(-c4nc(-c5ccccc5)nc(-c5ccccc5)n4)c3)ccc21.CC1(C)c2ccccc2-c2ccc(-c3cc(-c4ccc5c(c4)C(C)(C)c4ccccc4-5)cc(-c4nc(-c5ccccc5)nc(-c5ccccc5)n4)c3)cc21.c1ccc(-c2nc(-c3ccccc3)nc(-c3cccc4c3Cc3c(-c5ccccc5)cccc3-4)n2)cc1. The molecule has 0 saturated heterocycles. The van der Waals surface area contributed by atoms with Crippen LogP contribution in [0.1, 0.15) is 86.1 Å². The van der Waals surface area contributed by atoms with Crippen molar-refractivity contribution in [2.45, 2.75) is 64.2 Å². The van der Waals surface area contributed by atoms with E-state index >= 15 is 0 Å². The average molecular weight is 1820 g/mol. The lowest BCUT2D eigenvalue weighted by atomic mass is 9.81. The van der Waals surface area contributed by atoms with Crippen LogP contribution in [0.4, 0.5) is 0 Å². The van der Waals surface area contributed by atoms with Crippen LogP contribution in [0.5, 0.6) is 0 Å². The zero-order valence-electron chi connectivity index (χ0n) is 79.7. The van der Waals surface area contributed by atoms with Gasteiger partial charge in [-0.2, -0.15) is 0 Å². The van der Waals surface area contributed by atoms with Gasteiger partial charge in [-0.1, -0.05) is 454 Å². The van der Waals surface area contributed by atoms with Gasteiger partial charge in [0.1, 0.15) is 0 Å². The van der Waals surface area contributed by atoms with Gasteiger partial charge in [0, 0.05) is 72.7 Å². The Hall–Kier alpha value is -17.8. The van der Waals surface area contributed by atoms with E-state index in [0.717, 1.165) is 89.9 Å². The Morgan fingerprint density at radius 3 is 0.711 bits per heavy atom. The third-order valence-corrected chi connectivity index (χ3v) is 28.9. The van der Waals surface area contributed by atoms with Crippen LogP contribution in [-0.4, -0.2) is 44.9 Å². The molecule has 9 nitrogen and oxygen atoms in total. The first kappa shape index (κ1) is 87.0. The van der Waals surface area contributed by atoms with Gasteiger partial charge in [-0.05, 0) is 210 Å². The van der Waals surface area contributed by atoms with E-state index in [9.17, 15) is 0 Å². The summed E-state index contributed by atoms with van der Waals surface area (Å²) in [5, 5.41) is 0. The molecule has 9 heteroatoms. The van der Waals surface area contributed by atoms with E-state index in [1.54, 1.807) is 0 Å².